The molecular formula is C24H25NO3. The molecule has 0 fully saturated rings. The van der Waals surface area contributed by atoms with Gasteiger partial charge in [0, 0.05) is 33.5 Å². The number of carbonyl (C=O) groups is 1. The number of carboxylic acids is 1. The second-order valence-electron chi connectivity index (χ2n) is 8.98. The van der Waals surface area contributed by atoms with Gasteiger partial charge >= 0.3 is 5.97 Å². The number of rotatable bonds is 2. The van der Waals surface area contributed by atoms with E-state index in [0.717, 1.165) is 39.0 Å². The average molecular weight is 375 g/mol. The van der Waals surface area contributed by atoms with E-state index in [1.54, 1.807) is 6.08 Å². The van der Waals surface area contributed by atoms with Gasteiger partial charge in [-0.1, -0.05) is 26.8 Å². The molecule has 1 aromatic heterocycles. The van der Waals surface area contributed by atoms with Gasteiger partial charge in [-0.05, 0) is 61.3 Å². The number of benzene rings is 2. The second kappa shape index (κ2) is 5.99. The van der Waals surface area contributed by atoms with Gasteiger partial charge in [0.05, 0.1) is 5.52 Å². The van der Waals surface area contributed by atoms with Gasteiger partial charge in [0.2, 0.25) is 0 Å². The molecule has 0 amide bonds. The number of H-pyrrole nitrogens is 1. The van der Waals surface area contributed by atoms with Crippen LogP contribution >= 0.6 is 0 Å². The van der Waals surface area contributed by atoms with Gasteiger partial charge < -0.3 is 14.8 Å². The van der Waals surface area contributed by atoms with Crippen LogP contribution in [0.2, 0.25) is 0 Å². The fourth-order valence-corrected chi connectivity index (χ4v) is 3.67. The lowest BCUT2D eigenvalue weighted by molar-refractivity contribution is -0.131. The highest BCUT2D eigenvalue weighted by Crippen LogP contribution is 2.42. The lowest BCUT2D eigenvalue weighted by Gasteiger charge is -2.29. The van der Waals surface area contributed by atoms with Crippen molar-refractivity contribution in [1.29, 1.82) is 0 Å². The molecule has 1 aliphatic heterocycles. The highest BCUT2D eigenvalue weighted by atomic mass is 16.5. The molecule has 2 N–H and O–H groups in total. The molecule has 0 saturated heterocycles. The molecule has 2 heterocycles. The molecule has 0 bridgehead atoms. The Morgan fingerprint density at radius 3 is 2.61 bits per heavy atom. The third-order valence-electron chi connectivity index (χ3n) is 5.20. The monoisotopic (exact) mass is 375 g/mol. The molecule has 2 aromatic carbocycles. The number of nitrogens with one attached hydrogen (secondary N) is 1. The topological polar surface area (TPSA) is 62.3 Å². The van der Waals surface area contributed by atoms with Crippen molar-refractivity contribution in [2.24, 2.45) is 0 Å². The van der Waals surface area contributed by atoms with Crippen LogP contribution in [0.4, 0.5) is 0 Å². The SMILES string of the molecule is CC1(C)C=Cc2c(c(/C=C/C(=O)O)cc3c2[nH]c2ccc(C(C)(C)C)cc23)O1. The summed E-state index contributed by atoms with van der Waals surface area (Å²) < 4.78 is 6.21. The molecule has 3 aromatic rings. The first-order valence-electron chi connectivity index (χ1n) is 9.47. The van der Waals surface area contributed by atoms with Crippen molar-refractivity contribution < 1.29 is 14.6 Å². The summed E-state index contributed by atoms with van der Waals surface area (Å²) in [5.74, 6) is -0.270. The van der Waals surface area contributed by atoms with Crippen molar-refractivity contribution in [3.05, 3.63) is 53.1 Å². The summed E-state index contributed by atoms with van der Waals surface area (Å²) in [7, 11) is 0. The second-order valence-corrected chi connectivity index (χ2v) is 8.98. The molecule has 0 atom stereocenters. The Labute approximate surface area is 164 Å². The molecule has 4 heteroatoms. The van der Waals surface area contributed by atoms with Crippen molar-refractivity contribution >= 4 is 39.9 Å². The predicted molar refractivity (Wildman–Crippen MR) is 115 cm³/mol. The third-order valence-corrected chi connectivity index (χ3v) is 5.20. The van der Waals surface area contributed by atoms with Crippen LogP contribution in [0.5, 0.6) is 5.75 Å². The summed E-state index contributed by atoms with van der Waals surface area (Å²) in [6, 6.07) is 8.52. The van der Waals surface area contributed by atoms with Crippen molar-refractivity contribution in [2.45, 2.75) is 45.6 Å². The normalized spacial score (nSPS) is 15.9. The zero-order valence-corrected chi connectivity index (χ0v) is 16.9. The fourth-order valence-electron chi connectivity index (χ4n) is 3.67. The van der Waals surface area contributed by atoms with E-state index in [-0.39, 0.29) is 5.41 Å². The van der Waals surface area contributed by atoms with Crippen LogP contribution in [0.3, 0.4) is 0 Å². The molecule has 0 spiro atoms. The van der Waals surface area contributed by atoms with Crippen LogP contribution in [0.1, 0.15) is 51.3 Å². The summed E-state index contributed by atoms with van der Waals surface area (Å²) in [4.78, 5) is 14.6. The van der Waals surface area contributed by atoms with E-state index in [9.17, 15) is 4.79 Å². The van der Waals surface area contributed by atoms with E-state index in [2.05, 4.69) is 50.0 Å². The number of fused-ring (bicyclic) bond motifs is 5. The van der Waals surface area contributed by atoms with E-state index in [0.29, 0.717) is 5.75 Å². The summed E-state index contributed by atoms with van der Waals surface area (Å²) >= 11 is 0. The Morgan fingerprint density at radius 2 is 1.93 bits per heavy atom. The van der Waals surface area contributed by atoms with Gasteiger partial charge in [-0.25, -0.2) is 4.79 Å². The molecule has 1 aliphatic rings. The Kier molecular flexibility index (Phi) is 3.93. The minimum absolute atomic E-state index is 0.0467. The highest BCUT2D eigenvalue weighted by molar-refractivity contribution is 6.12. The van der Waals surface area contributed by atoms with Crippen LogP contribution < -0.4 is 4.74 Å². The molecule has 4 nitrogen and oxygen atoms in total. The van der Waals surface area contributed by atoms with Crippen LogP contribution in [-0.4, -0.2) is 21.7 Å². The zero-order valence-electron chi connectivity index (χ0n) is 16.9. The summed E-state index contributed by atoms with van der Waals surface area (Å²) in [6.07, 6.45) is 6.87. The summed E-state index contributed by atoms with van der Waals surface area (Å²) in [6.45, 7) is 10.6. The molecule has 0 saturated carbocycles. The molecule has 28 heavy (non-hydrogen) atoms. The number of aliphatic carboxylic acids is 1. The molecule has 4 rings (SSSR count). The van der Waals surface area contributed by atoms with Crippen molar-refractivity contribution in [2.75, 3.05) is 0 Å². The first-order chi connectivity index (χ1) is 13.0. The highest BCUT2D eigenvalue weighted by Gasteiger charge is 2.26. The number of ether oxygens (including phenoxy) is 1. The standard InChI is InChI=1S/C24H25NO3/c1-23(2,3)15-7-8-19-17(13-15)18-12-14(6-9-20(26)27)22-16(21(18)25-19)10-11-24(4,5)28-22/h6-13,25H,1-5H3,(H,26,27)/b9-6+. The summed E-state index contributed by atoms with van der Waals surface area (Å²) in [5, 5.41) is 11.3. The van der Waals surface area contributed by atoms with Crippen LogP contribution in [0, 0.1) is 0 Å². The smallest absolute Gasteiger partial charge is 0.328 e. The van der Waals surface area contributed by atoms with Gasteiger partial charge in [0.15, 0.2) is 0 Å². The zero-order chi connectivity index (χ0) is 20.3. The Hall–Kier alpha value is -3.01. The molecular weight excluding hydrogens is 350 g/mol. The number of carboxylic acid groups (broad SMARTS) is 1. The lowest BCUT2D eigenvalue weighted by atomic mass is 9.86. The minimum atomic E-state index is -0.978. The molecule has 144 valence electrons. The van der Waals surface area contributed by atoms with Crippen LogP contribution in [-0.2, 0) is 10.2 Å². The maximum absolute atomic E-state index is 11.1. The van der Waals surface area contributed by atoms with Gasteiger partial charge in [-0.15, -0.1) is 0 Å². The number of hydrogen-bond acceptors (Lipinski definition) is 2. The Balaban J connectivity index is 2.06. The van der Waals surface area contributed by atoms with Gasteiger partial charge in [-0.3, -0.25) is 0 Å². The number of aromatic amines is 1. The lowest BCUT2D eigenvalue weighted by Crippen LogP contribution is -2.28. The van der Waals surface area contributed by atoms with E-state index in [1.807, 2.05) is 26.0 Å². The van der Waals surface area contributed by atoms with Crippen molar-refractivity contribution in [1.82, 2.24) is 4.98 Å². The van der Waals surface area contributed by atoms with Crippen LogP contribution in [0.25, 0.3) is 34.0 Å². The van der Waals surface area contributed by atoms with Gasteiger partial charge in [0.25, 0.3) is 0 Å². The largest absolute Gasteiger partial charge is 0.482 e. The number of hydrogen-bond donors (Lipinski definition) is 2. The minimum Gasteiger partial charge on any atom is -0.482 e. The first-order valence-corrected chi connectivity index (χ1v) is 9.47. The summed E-state index contributed by atoms with van der Waals surface area (Å²) in [5.41, 5.74) is 4.65. The van der Waals surface area contributed by atoms with Gasteiger partial charge in [-0.2, -0.15) is 0 Å². The van der Waals surface area contributed by atoms with Crippen LogP contribution in [0.15, 0.2) is 36.4 Å². The third kappa shape index (κ3) is 3.09. The van der Waals surface area contributed by atoms with E-state index >= 15 is 0 Å². The maximum Gasteiger partial charge on any atom is 0.328 e. The predicted octanol–water partition coefficient (Wildman–Crippen LogP) is 5.90. The first kappa shape index (κ1) is 18.4. The number of aromatic nitrogens is 1. The Bertz CT molecular complexity index is 1170. The fraction of sp³-hybridized carbons (Fsp3) is 0.292. The van der Waals surface area contributed by atoms with E-state index in [1.165, 1.54) is 5.56 Å². The molecule has 0 unspecified atom stereocenters. The van der Waals surface area contributed by atoms with Gasteiger partial charge in [0.1, 0.15) is 11.4 Å². The quantitative estimate of drug-likeness (QED) is 0.548. The Morgan fingerprint density at radius 1 is 1.18 bits per heavy atom. The average Bonchev–Trinajstić information content (AvgIpc) is 2.95. The van der Waals surface area contributed by atoms with E-state index in [4.69, 9.17) is 9.84 Å². The molecule has 0 aliphatic carbocycles. The van der Waals surface area contributed by atoms with Crippen molar-refractivity contribution in [3.63, 3.8) is 0 Å². The van der Waals surface area contributed by atoms with Crippen molar-refractivity contribution in [3.8, 4) is 5.75 Å². The van der Waals surface area contributed by atoms with E-state index < -0.39 is 11.6 Å². The maximum atomic E-state index is 11.1. The molecule has 0 radical (unpaired) electrons.